The number of methoxy groups -OCH3 is 1. The standard InChI is InChI=1S/C24H16Br2INO4/c1-30-21-12-15(10-19(27)22(21)31-13-14-3-2-4-18(26)9-14)11-20-24(29)32-23(28-20)16-5-7-17(25)8-6-16/h2-12H,13H2,1H3/b20-11-. The van der Waals surface area contributed by atoms with E-state index in [1.807, 2.05) is 60.7 Å². The Kier molecular flexibility index (Phi) is 7.32. The van der Waals surface area contributed by atoms with Gasteiger partial charge in [-0.25, -0.2) is 9.79 Å². The first-order chi connectivity index (χ1) is 15.4. The normalized spacial score (nSPS) is 14.3. The molecule has 1 heterocycles. The van der Waals surface area contributed by atoms with Crippen LogP contribution in [0.2, 0.25) is 0 Å². The first kappa shape index (κ1) is 23.0. The van der Waals surface area contributed by atoms with Crippen molar-refractivity contribution in [1.29, 1.82) is 0 Å². The van der Waals surface area contributed by atoms with Gasteiger partial charge >= 0.3 is 5.97 Å². The molecule has 0 saturated carbocycles. The molecule has 8 heteroatoms. The molecule has 3 aromatic rings. The summed E-state index contributed by atoms with van der Waals surface area (Å²) >= 11 is 9.05. The number of halogens is 3. The zero-order chi connectivity index (χ0) is 22.7. The topological polar surface area (TPSA) is 57.1 Å². The van der Waals surface area contributed by atoms with Gasteiger partial charge in [-0.3, -0.25) is 0 Å². The van der Waals surface area contributed by atoms with Crippen LogP contribution < -0.4 is 9.47 Å². The first-order valence-corrected chi connectivity index (χ1v) is 12.1. The number of carbonyl (C=O) groups is 1. The number of carbonyl (C=O) groups excluding carboxylic acids is 1. The van der Waals surface area contributed by atoms with Gasteiger partial charge in [0, 0.05) is 14.5 Å². The van der Waals surface area contributed by atoms with Gasteiger partial charge < -0.3 is 14.2 Å². The molecule has 32 heavy (non-hydrogen) atoms. The molecule has 0 spiro atoms. The average molecular weight is 669 g/mol. The number of benzene rings is 3. The van der Waals surface area contributed by atoms with Crippen LogP contribution in [0.25, 0.3) is 6.08 Å². The third-order valence-corrected chi connectivity index (χ3v) is 6.36. The lowest BCUT2D eigenvalue weighted by molar-refractivity contribution is -0.129. The molecule has 0 radical (unpaired) electrons. The summed E-state index contributed by atoms with van der Waals surface area (Å²) in [7, 11) is 1.59. The van der Waals surface area contributed by atoms with Crippen molar-refractivity contribution in [2.75, 3.05) is 7.11 Å². The second-order valence-electron chi connectivity index (χ2n) is 6.80. The van der Waals surface area contributed by atoms with Crippen LogP contribution in [0.15, 0.2) is 80.3 Å². The Morgan fingerprint density at radius 2 is 1.84 bits per heavy atom. The summed E-state index contributed by atoms with van der Waals surface area (Å²) in [5.74, 6) is 1.00. The van der Waals surface area contributed by atoms with Crippen molar-refractivity contribution in [2.45, 2.75) is 6.61 Å². The SMILES string of the molecule is COc1cc(/C=C2\N=C(c3ccc(Br)cc3)OC2=O)cc(I)c1OCc1cccc(Br)c1. The van der Waals surface area contributed by atoms with Gasteiger partial charge in [0.25, 0.3) is 0 Å². The van der Waals surface area contributed by atoms with Crippen molar-refractivity contribution in [2.24, 2.45) is 4.99 Å². The molecule has 0 aromatic heterocycles. The lowest BCUT2D eigenvalue weighted by Gasteiger charge is -2.14. The van der Waals surface area contributed by atoms with Crippen LogP contribution >= 0.6 is 54.5 Å². The molecule has 4 rings (SSSR count). The number of nitrogens with zero attached hydrogens (tertiary/aromatic N) is 1. The van der Waals surface area contributed by atoms with Crippen molar-refractivity contribution < 1.29 is 19.0 Å². The van der Waals surface area contributed by atoms with Crippen LogP contribution in [0.5, 0.6) is 11.5 Å². The molecule has 0 fully saturated rings. The minimum absolute atomic E-state index is 0.226. The van der Waals surface area contributed by atoms with Crippen LogP contribution in [0.3, 0.4) is 0 Å². The number of hydrogen-bond donors (Lipinski definition) is 0. The van der Waals surface area contributed by atoms with E-state index < -0.39 is 5.97 Å². The zero-order valence-electron chi connectivity index (χ0n) is 16.8. The minimum atomic E-state index is -0.494. The van der Waals surface area contributed by atoms with E-state index >= 15 is 0 Å². The fraction of sp³-hybridized carbons (Fsp3) is 0.0833. The predicted octanol–water partition coefficient (Wildman–Crippen LogP) is 6.75. The number of cyclic esters (lactones) is 1. The van der Waals surface area contributed by atoms with Crippen LogP contribution in [0.1, 0.15) is 16.7 Å². The minimum Gasteiger partial charge on any atom is -0.493 e. The van der Waals surface area contributed by atoms with Gasteiger partial charge in [0.15, 0.2) is 17.2 Å². The second-order valence-corrected chi connectivity index (χ2v) is 9.79. The summed E-state index contributed by atoms with van der Waals surface area (Å²) in [6, 6.07) is 19.1. The Morgan fingerprint density at radius 3 is 2.56 bits per heavy atom. The summed E-state index contributed by atoms with van der Waals surface area (Å²) in [6.07, 6.45) is 1.68. The maximum Gasteiger partial charge on any atom is 0.363 e. The summed E-state index contributed by atoms with van der Waals surface area (Å²) in [4.78, 5) is 16.7. The van der Waals surface area contributed by atoms with Gasteiger partial charge in [0.2, 0.25) is 5.90 Å². The highest BCUT2D eigenvalue weighted by molar-refractivity contribution is 14.1. The molecule has 5 nitrogen and oxygen atoms in total. The molecule has 0 aliphatic carbocycles. The fourth-order valence-corrected chi connectivity index (χ4v) is 4.52. The summed E-state index contributed by atoms with van der Waals surface area (Å²) < 4.78 is 19.7. The molecule has 0 saturated heterocycles. The van der Waals surface area contributed by atoms with Gasteiger partial charge in [-0.1, -0.05) is 44.0 Å². The molecule has 0 bridgehead atoms. The zero-order valence-corrected chi connectivity index (χ0v) is 22.1. The van der Waals surface area contributed by atoms with Crippen molar-refractivity contribution >= 4 is 72.4 Å². The lowest BCUT2D eigenvalue weighted by atomic mass is 10.1. The molecular formula is C24H16Br2INO4. The quantitative estimate of drug-likeness (QED) is 0.166. The van der Waals surface area contributed by atoms with Crippen molar-refractivity contribution in [3.63, 3.8) is 0 Å². The molecule has 0 unspecified atom stereocenters. The summed E-state index contributed by atoms with van der Waals surface area (Å²) in [5, 5.41) is 0. The Hall–Kier alpha value is -2.17. The highest BCUT2D eigenvalue weighted by atomic mass is 127. The van der Waals surface area contributed by atoms with Gasteiger partial charge in [0.1, 0.15) is 6.61 Å². The molecule has 0 atom stereocenters. The highest BCUT2D eigenvalue weighted by Gasteiger charge is 2.24. The van der Waals surface area contributed by atoms with Gasteiger partial charge in [-0.05, 0) is 88.3 Å². The van der Waals surface area contributed by atoms with E-state index in [1.165, 1.54) is 0 Å². The Morgan fingerprint density at radius 1 is 1.06 bits per heavy atom. The molecule has 0 amide bonds. The van der Waals surface area contributed by atoms with Gasteiger partial charge in [-0.2, -0.15) is 0 Å². The van der Waals surface area contributed by atoms with E-state index in [4.69, 9.17) is 14.2 Å². The van der Waals surface area contributed by atoms with Gasteiger partial charge in [-0.15, -0.1) is 0 Å². The Balaban J connectivity index is 1.59. The highest BCUT2D eigenvalue weighted by Crippen LogP contribution is 2.35. The molecule has 0 N–H and O–H groups in total. The maximum atomic E-state index is 12.3. The van der Waals surface area contributed by atoms with E-state index in [9.17, 15) is 4.79 Å². The monoisotopic (exact) mass is 667 g/mol. The number of ether oxygens (including phenoxy) is 3. The van der Waals surface area contributed by atoms with Crippen molar-refractivity contribution in [3.8, 4) is 11.5 Å². The number of aliphatic imine (C=N–C) groups is 1. The van der Waals surface area contributed by atoms with Crippen LogP contribution in [0, 0.1) is 3.57 Å². The smallest absolute Gasteiger partial charge is 0.363 e. The molecule has 1 aliphatic heterocycles. The molecule has 1 aliphatic rings. The van der Waals surface area contributed by atoms with Crippen LogP contribution in [0.4, 0.5) is 0 Å². The predicted molar refractivity (Wildman–Crippen MR) is 139 cm³/mol. The Labute approximate surface area is 215 Å². The summed E-state index contributed by atoms with van der Waals surface area (Å²) in [5.41, 5.74) is 2.75. The molecule has 3 aromatic carbocycles. The van der Waals surface area contributed by atoms with Crippen LogP contribution in [-0.4, -0.2) is 19.0 Å². The summed E-state index contributed by atoms with van der Waals surface area (Å²) in [6.45, 7) is 0.402. The van der Waals surface area contributed by atoms with Gasteiger partial charge in [0.05, 0.1) is 10.7 Å². The third-order valence-electron chi connectivity index (χ3n) is 4.54. The van der Waals surface area contributed by atoms with E-state index in [0.29, 0.717) is 18.1 Å². The largest absolute Gasteiger partial charge is 0.493 e. The number of hydrogen-bond acceptors (Lipinski definition) is 5. The average Bonchev–Trinajstić information content (AvgIpc) is 3.13. The van der Waals surface area contributed by atoms with E-state index in [0.717, 1.165) is 29.2 Å². The molecular weight excluding hydrogens is 653 g/mol. The Bertz CT molecular complexity index is 1240. The second kappa shape index (κ2) is 10.2. The maximum absolute atomic E-state index is 12.3. The third kappa shape index (κ3) is 5.41. The fourth-order valence-electron chi connectivity index (χ4n) is 3.03. The van der Waals surface area contributed by atoms with Crippen molar-refractivity contribution in [1.82, 2.24) is 0 Å². The van der Waals surface area contributed by atoms with E-state index in [1.54, 1.807) is 13.2 Å². The van der Waals surface area contributed by atoms with E-state index in [2.05, 4.69) is 59.4 Å². The molecule has 162 valence electrons. The van der Waals surface area contributed by atoms with Crippen molar-refractivity contribution in [3.05, 3.63) is 95.6 Å². The van der Waals surface area contributed by atoms with Crippen LogP contribution in [-0.2, 0) is 16.1 Å². The first-order valence-electron chi connectivity index (χ1n) is 9.46. The lowest BCUT2D eigenvalue weighted by Crippen LogP contribution is -2.05. The number of esters is 1. The van der Waals surface area contributed by atoms with E-state index in [-0.39, 0.29) is 11.6 Å². The number of rotatable bonds is 6.